The number of amides is 1. The van der Waals surface area contributed by atoms with Gasteiger partial charge in [-0.3, -0.25) is 4.79 Å². The van der Waals surface area contributed by atoms with Crippen LogP contribution < -0.4 is 10.2 Å². The SMILES string of the molecule is CCCCCCCCCCCCCCC(CCNC(=O)c1ccc(N(C)C)cc1)N(C)C. The molecule has 1 N–H and O–H groups in total. The second kappa shape index (κ2) is 17.9. The maximum Gasteiger partial charge on any atom is 0.251 e. The fraction of sp³-hybridized carbons (Fsp3) is 0.750. The molecule has 0 radical (unpaired) electrons. The van der Waals surface area contributed by atoms with E-state index in [9.17, 15) is 4.79 Å². The first-order valence-corrected chi connectivity index (χ1v) is 13.2. The highest BCUT2D eigenvalue weighted by molar-refractivity contribution is 5.94. The van der Waals surface area contributed by atoms with Gasteiger partial charge >= 0.3 is 0 Å². The smallest absolute Gasteiger partial charge is 0.251 e. The lowest BCUT2D eigenvalue weighted by Crippen LogP contribution is -2.33. The molecule has 0 saturated heterocycles. The summed E-state index contributed by atoms with van der Waals surface area (Å²) in [5.41, 5.74) is 1.84. The van der Waals surface area contributed by atoms with E-state index in [0.29, 0.717) is 6.04 Å². The maximum absolute atomic E-state index is 12.4. The maximum atomic E-state index is 12.4. The number of carbonyl (C=O) groups excluding carboxylic acids is 1. The van der Waals surface area contributed by atoms with Gasteiger partial charge in [-0.1, -0.05) is 84.0 Å². The van der Waals surface area contributed by atoms with Crippen molar-refractivity contribution in [2.45, 2.75) is 103 Å². The third kappa shape index (κ3) is 13.1. The number of anilines is 1. The van der Waals surface area contributed by atoms with E-state index in [1.165, 1.54) is 83.5 Å². The van der Waals surface area contributed by atoms with Crippen LogP contribution in [0.2, 0.25) is 0 Å². The Morgan fingerprint density at radius 3 is 1.72 bits per heavy atom. The van der Waals surface area contributed by atoms with Crippen LogP contribution in [0.25, 0.3) is 0 Å². The highest BCUT2D eigenvalue weighted by Crippen LogP contribution is 2.15. The molecule has 4 heteroatoms. The van der Waals surface area contributed by atoms with Crippen LogP contribution in [0.4, 0.5) is 5.69 Å². The second-order valence-electron chi connectivity index (χ2n) is 9.78. The highest BCUT2D eigenvalue weighted by atomic mass is 16.1. The summed E-state index contributed by atoms with van der Waals surface area (Å²) in [6.07, 6.45) is 18.9. The number of hydrogen-bond acceptors (Lipinski definition) is 3. The van der Waals surface area contributed by atoms with Gasteiger partial charge in [-0.15, -0.1) is 0 Å². The molecule has 1 atom stereocenters. The Morgan fingerprint density at radius 2 is 1.25 bits per heavy atom. The van der Waals surface area contributed by atoms with E-state index in [2.05, 4.69) is 31.2 Å². The number of nitrogens with zero attached hydrogens (tertiary/aromatic N) is 2. The molecule has 0 fully saturated rings. The lowest BCUT2D eigenvalue weighted by Gasteiger charge is -2.24. The van der Waals surface area contributed by atoms with Crippen LogP contribution in [-0.2, 0) is 0 Å². The lowest BCUT2D eigenvalue weighted by molar-refractivity contribution is 0.0949. The minimum atomic E-state index is 0.0261. The van der Waals surface area contributed by atoms with Gasteiger partial charge in [-0.05, 0) is 51.2 Å². The second-order valence-corrected chi connectivity index (χ2v) is 9.78. The van der Waals surface area contributed by atoms with Crippen LogP contribution in [0.1, 0.15) is 107 Å². The average Bonchev–Trinajstić information content (AvgIpc) is 2.78. The summed E-state index contributed by atoms with van der Waals surface area (Å²) in [5, 5.41) is 3.10. The topological polar surface area (TPSA) is 35.6 Å². The first-order valence-electron chi connectivity index (χ1n) is 13.2. The van der Waals surface area contributed by atoms with Gasteiger partial charge in [0.25, 0.3) is 5.91 Å². The van der Waals surface area contributed by atoms with E-state index in [0.717, 1.165) is 24.2 Å². The Bertz CT molecular complexity index is 583. The molecule has 1 aromatic rings. The van der Waals surface area contributed by atoms with Gasteiger partial charge in [-0.25, -0.2) is 0 Å². The summed E-state index contributed by atoms with van der Waals surface area (Å²) >= 11 is 0. The van der Waals surface area contributed by atoms with E-state index in [1.54, 1.807) is 0 Å². The lowest BCUT2D eigenvalue weighted by atomic mass is 10.0. The van der Waals surface area contributed by atoms with E-state index < -0.39 is 0 Å². The fourth-order valence-corrected chi connectivity index (χ4v) is 4.25. The predicted molar refractivity (Wildman–Crippen MR) is 141 cm³/mol. The molecule has 0 aliphatic rings. The quantitative estimate of drug-likeness (QED) is 0.235. The molecule has 0 aliphatic carbocycles. The van der Waals surface area contributed by atoms with Gasteiger partial charge in [0.2, 0.25) is 0 Å². The van der Waals surface area contributed by atoms with Gasteiger partial charge in [0.15, 0.2) is 0 Å². The van der Waals surface area contributed by atoms with Crippen molar-refractivity contribution in [2.24, 2.45) is 0 Å². The van der Waals surface area contributed by atoms with Crippen molar-refractivity contribution < 1.29 is 4.79 Å². The van der Waals surface area contributed by atoms with Gasteiger partial charge in [-0.2, -0.15) is 0 Å². The minimum absolute atomic E-state index is 0.0261. The molecule has 4 nitrogen and oxygen atoms in total. The molecule has 1 rings (SSSR count). The summed E-state index contributed by atoms with van der Waals surface area (Å²) in [5.74, 6) is 0.0261. The van der Waals surface area contributed by atoms with Crippen molar-refractivity contribution in [3.05, 3.63) is 29.8 Å². The molecule has 32 heavy (non-hydrogen) atoms. The Kier molecular flexibility index (Phi) is 16.0. The van der Waals surface area contributed by atoms with Crippen molar-refractivity contribution in [1.29, 1.82) is 0 Å². The van der Waals surface area contributed by atoms with Crippen LogP contribution in [0.3, 0.4) is 0 Å². The summed E-state index contributed by atoms with van der Waals surface area (Å²) in [7, 11) is 8.33. The first kappa shape index (κ1) is 28.5. The molecule has 1 aromatic carbocycles. The molecule has 0 saturated carbocycles. The van der Waals surface area contributed by atoms with E-state index in [1.807, 2.05) is 43.3 Å². The summed E-state index contributed by atoms with van der Waals surface area (Å²) < 4.78 is 0. The Balaban J connectivity index is 2.11. The van der Waals surface area contributed by atoms with E-state index in [4.69, 9.17) is 0 Å². The van der Waals surface area contributed by atoms with Crippen LogP contribution in [0.5, 0.6) is 0 Å². The number of nitrogens with one attached hydrogen (secondary N) is 1. The number of rotatable bonds is 19. The van der Waals surface area contributed by atoms with Crippen molar-refractivity contribution in [3.63, 3.8) is 0 Å². The number of unbranched alkanes of at least 4 members (excludes halogenated alkanes) is 11. The van der Waals surface area contributed by atoms with Gasteiger partial charge < -0.3 is 15.1 Å². The fourth-order valence-electron chi connectivity index (χ4n) is 4.25. The number of hydrogen-bond donors (Lipinski definition) is 1. The molecular weight excluding hydrogens is 394 g/mol. The van der Waals surface area contributed by atoms with Crippen molar-refractivity contribution in [2.75, 3.05) is 39.6 Å². The van der Waals surface area contributed by atoms with Crippen molar-refractivity contribution in [1.82, 2.24) is 10.2 Å². The molecule has 0 spiro atoms. The van der Waals surface area contributed by atoms with E-state index in [-0.39, 0.29) is 5.91 Å². The zero-order valence-corrected chi connectivity index (χ0v) is 21.8. The van der Waals surface area contributed by atoms with Crippen LogP contribution in [0, 0.1) is 0 Å². The Morgan fingerprint density at radius 1 is 0.750 bits per heavy atom. The first-order chi connectivity index (χ1) is 15.5. The molecular formula is C28H51N3O. The van der Waals surface area contributed by atoms with Crippen LogP contribution in [-0.4, -0.2) is 51.6 Å². The number of benzene rings is 1. The molecule has 184 valence electrons. The molecule has 1 amide bonds. The molecule has 0 heterocycles. The number of carbonyl (C=O) groups is 1. The standard InChI is InChI=1S/C28H51N3O/c1-6-7-8-9-10-11-12-13-14-15-16-17-18-26(30(2)3)23-24-29-28(32)25-19-21-27(22-20-25)31(4)5/h19-22,26H,6-18,23-24H2,1-5H3,(H,29,32). The average molecular weight is 446 g/mol. The highest BCUT2D eigenvalue weighted by Gasteiger charge is 2.12. The minimum Gasteiger partial charge on any atom is -0.378 e. The molecule has 1 unspecified atom stereocenters. The third-order valence-electron chi connectivity index (χ3n) is 6.53. The van der Waals surface area contributed by atoms with Gasteiger partial charge in [0.05, 0.1) is 0 Å². The Labute approximate surface area is 199 Å². The van der Waals surface area contributed by atoms with Crippen molar-refractivity contribution in [3.8, 4) is 0 Å². The largest absolute Gasteiger partial charge is 0.378 e. The molecule has 0 aromatic heterocycles. The summed E-state index contributed by atoms with van der Waals surface area (Å²) in [6.45, 7) is 3.01. The zero-order chi connectivity index (χ0) is 23.6. The van der Waals surface area contributed by atoms with Crippen molar-refractivity contribution >= 4 is 11.6 Å². The predicted octanol–water partition coefficient (Wildman–Crippen LogP) is 6.89. The van der Waals surface area contributed by atoms with E-state index >= 15 is 0 Å². The van der Waals surface area contributed by atoms with Crippen LogP contribution >= 0.6 is 0 Å². The third-order valence-corrected chi connectivity index (χ3v) is 6.53. The Hall–Kier alpha value is -1.55. The zero-order valence-electron chi connectivity index (χ0n) is 21.8. The van der Waals surface area contributed by atoms with Gasteiger partial charge in [0.1, 0.15) is 0 Å². The molecule has 0 aliphatic heterocycles. The molecule has 0 bridgehead atoms. The normalized spacial score (nSPS) is 12.2. The van der Waals surface area contributed by atoms with Crippen LogP contribution in [0.15, 0.2) is 24.3 Å². The summed E-state index contributed by atoms with van der Waals surface area (Å²) in [6, 6.07) is 8.33. The summed E-state index contributed by atoms with van der Waals surface area (Å²) in [4.78, 5) is 16.8. The van der Waals surface area contributed by atoms with Gasteiger partial charge in [0, 0.05) is 37.9 Å². The monoisotopic (exact) mass is 445 g/mol.